The molecular formula is C20H28N4OS. The van der Waals surface area contributed by atoms with Gasteiger partial charge in [0.05, 0.1) is 13.7 Å². The fraction of sp³-hybridized carbons (Fsp3) is 0.500. The minimum Gasteiger partial charge on any atom is -0.497 e. The molecular weight excluding hydrogens is 344 g/mol. The molecule has 2 aromatic rings. The molecule has 1 aliphatic carbocycles. The number of rotatable bonds is 8. The number of aromatic nitrogens is 3. The number of ether oxygens (including phenoxy) is 1. The van der Waals surface area contributed by atoms with Crippen molar-refractivity contribution in [2.45, 2.75) is 56.8 Å². The van der Waals surface area contributed by atoms with Gasteiger partial charge in [-0.1, -0.05) is 49.2 Å². The fourth-order valence-electron chi connectivity index (χ4n) is 3.33. The first kappa shape index (κ1) is 18.8. The normalized spacial score (nSPS) is 15.0. The lowest BCUT2D eigenvalue weighted by atomic mass is 9.95. The molecule has 3 rings (SSSR count). The molecule has 1 aliphatic rings. The van der Waals surface area contributed by atoms with Gasteiger partial charge in [0.15, 0.2) is 11.0 Å². The van der Waals surface area contributed by atoms with Crippen LogP contribution in [0.4, 0.5) is 5.69 Å². The van der Waals surface area contributed by atoms with Gasteiger partial charge in [-0.25, -0.2) is 0 Å². The molecule has 5 nitrogen and oxygen atoms in total. The molecule has 0 aliphatic heterocycles. The number of nitrogens with zero attached hydrogens (tertiary/aromatic N) is 3. The predicted molar refractivity (Wildman–Crippen MR) is 108 cm³/mol. The summed E-state index contributed by atoms with van der Waals surface area (Å²) >= 11 is 1.74. The van der Waals surface area contributed by atoms with E-state index in [1.54, 1.807) is 18.9 Å². The van der Waals surface area contributed by atoms with Crippen molar-refractivity contribution in [1.82, 2.24) is 14.8 Å². The second kappa shape index (κ2) is 9.12. The van der Waals surface area contributed by atoms with Crippen LogP contribution in [0.5, 0.6) is 5.75 Å². The van der Waals surface area contributed by atoms with E-state index in [2.05, 4.69) is 33.6 Å². The van der Waals surface area contributed by atoms with Crippen molar-refractivity contribution in [3.63, 3.8) is 0 Å². The smallest absolute Gasteiger partial charge is 0.191 e. The lowest BCUT2D eigenvalue weighted by molar-refractivity contribution is 0.330. The highest BCUT2D eigenvalue weighted by molar-refractivity contribution is 7.99. The molecule has 6 heteroatoms. The standard InChI is InChI=1S/C20H28N4OS/c1-15(2)14-26-20-23-22-19(24(20)17-9-5-4-6-10-17)13-21-16-8-7-11-18(12-16)25-3/h7-8,11-12,17,21H,1,4-6,9-10,13-14H2,2-3H3. The molecule has 26 heavy (non-hydrogen) atoms. The van der Waals surface area contributed by atoms with E-state index in [0.717, 1.165) is 33.7 Å². The molecule has 1 fully saturated rings. The average molecular weight is 373 g/mol. The number of methoxy groups -OCH3 is 1. The van der Waals surface area contributed by atoms with Gasteiger partial charge in [-0.15, -0.1) is 10.2 Å². The minimum absolute atomic E-state index is 0.508. The highest BCUT2D eigenvalue weighted by Gasteiger charge is 2.22. The van der Waals surface area contributed by atoms with Gasteiger partial charge < -0.3 is 14.6 Å². The van der Waals surface area contributed by atoms with Gasteiger partial charge in [0.25, 0.3) is 0 Å². The van der Waals surface area contributed by atoms with Gasteiger partial charge in [0.2, 0.25) is 0 Å². The molecule has 0 spiro atoms. The van der Waals surface area contributed by atoms with E-state index in [1.807, 2.05) is 24.3 Å². The lowest BCUT2D eigenvalue weighted by Gasteiger charge is -2.25. The summed E-state index contributed by atoms with van der Waals surface area (Å²) in [6.45, 7) is 6.72. The van der Waals surface area contributed by atoms with Crippen molar-refractivity contribution in [2.75, 3.05) is 18.2 Å². The molecule has 0 radical (unpaired) electrons. The van der Waals surface area contributed by atoms with Crippen molar-refractivity contribution in [2.24, 2.45) is 0 Å². The zero-order valence-corrected chi connectivity index (χ0v) is 16.5. The molecule has 1 N–H and O–H groups in total. The molecule has 0 bridgehead atoms. The third-order valence-electron chi connectivity index (χ3n) is 4.64. The van der Waals surface area contributed by atoms with E-state index in [1.165, 1.54) is 32.1 Å². The molecule has 140 valence electrons. The van der Waals surface area contributed by atoms with Crippen molar-refractivity contribution in [1.29, 1.82) is 0 Å². The number of anilines is 1. The van der Waals surface area contributed by atoms with Crippen LogP contribution < -0.4 is 10.1 Å². The average Bonchev–Trinajstić information content (AvgIpc) is 3.08. The maximum atomic E-state index is 5.30. The summed E-state index contributed by atoms with van der Waals surface area (Å²) in [4.78, 5) is 0. The topological polar surface area (TPSA) is 52.0 Å². The van der Waals surface area contributed by atoms with Crippen LogP contribution in [0.2, 0.25) is 0 Å². The van der Waals surface area contributed by atoms with E-state index in [9.17, 15) is 0 Å². The third-order valence-corrected chi connectivity index (χ3v) is 5.82. The van der Waals surface area contributed by atoms with Crippen LogP contribution in [-0.4, -0.2) is 27.6 Å². The highest BCUT2D eigenvalue weighted by Crippen LogP contribution is 2.33. The molecule has 0 saturated heterocycles. The van der Waals surface area contributed by atoms with Crippen molar-refractivity contribution >= 4 is 17.4 Å². The molecule has 0 atom stereocenters. The molecule has 0 unspecified atom stereocenters. The Morgan fingerprint density at radius 3 is 2.85 bits per heavy atom. The largest absolute Gasteiger partial charge is 0.497 e. The summed E-state index contributed by atoms with van der Waals surface area (Å²) in [6.07, 6.45) is 6.34. The quantitative estimate of drug-likeness (QED) is 0.518. The summed E-state index contributed by atoms with van der Waals surface area (Å²) in [5.74, 6) is 2.74. The van der Waals surface area contributed by atoms with Gasteiger partial charge in [-0.2, -0.15) is 0 Å². The number of hydrogen-bond donors (Lipinski definition) is 1. The minimum atomic E-state index is 0.508. The van der Waals surface area contributed by atoms with Gasteiger partial charge in [-0.3, -0.25) is 0 Å². The fourth-order valence-corrected chi connectivity index (χ4v) is 4.20. The summed E-state index contributed by atoms with van der Waals surface area (Å²) in [6, 6.07) is 8.48. The zero-order chi connectivity index (χ0) is 18.4. The Morgan fingerprint density at radius 2 is 2.12 bits per heavy atom. The van der Waals surface area contributed by atoms with E-state index in [-0.39, 0.29) is 0 Å². The van der Waals surface area contributed by atoms with Gasteiger partial charge in [-0.05, 0) is 31.9 Å². The van der Waals surface area contributed by atoms with Crippen LogP contribution in [0.3, 0.4) is 0 Å². The van der Waals surface area contributed by atoms with Gasteiger partial charge in [0.1, 0.15) is 5.75 Å². The molecule has 0 amide bonds. The second-order valence-corrected chi connectivity index (χ2v) is 7.83. The Morgan fingerprint density at radius 1 is 1.31 bits per heavy atom. The van der Waals surface area contributed by atoms with Crippen molar-refractivity contribution in [3.05, 3.63) is 42.2 Å². The zero-order valence-electron chi connectivity index (χ0n) is 15.7. The Bertz CT molecular complexity index is 737. The van der Waals surface area contributed by atoms with Crippen LogP contribution in [0.1, 0.15) is 50.9 Å². The summed E-state index contributed by atoms with van der Waals surface area (Å²) in [5.41, 5.74) is 2.18. The molecule has 1 aromatic carbocycles. The van der Waals surface area contributed by atoms with Crippen LogP contribution in [0.15, 0.2) is 41.6 Å². The number of benzene rings is 1. The van der Waals surface area contributed by atoms with Gasteiger partial charge >= 0.3 is 0 Å². The van der Waals surface area contributed by atoms with E-state index >= 15 is 0 Å². The van der Waals surface area contributed by atoms with Crippen LogP contribution >= 0.6 is 11.8 Å². The van der Waals surface area contributed by atoms with E-state index in [0.29, 0.717) is 12.6 Å². The van der Waals surface area contributed by atoms with Crippen LogP contribution in [0, 0.1) is 0 Å². The first-order valence-corrected chi connectivity index (χ1v) is 10.2. The summed E-state index contributed by atoms with van der Waals surface area (Å²) in [7, 11) is 1.68. The van der Waals surface area contributed by atoms with E-state index in [4.69, 9.17) is 4.74 Å². The lowest BCUT2D eigenvalue weighted by Crippen LogP contribution is -2.18. The maximum absolute atomic E-state index is 5.30. The SMILES string of the molecule is C=C(C)CSc1nnc(CNc2cccc(OC)c2)n1C1CCCCC1. The Labute approximate surface area is 160 Å². The summed E-state index contributed by atoms with van der Waals surface area (Å²) < 4.78 is 7.66. The van der Waals surface area contributed by atoms with Crippen molar-refractivity contribution < 1.29 is 4.74 Å². The number of thioether (sulfide) groups is 1. The second-order valence-electron chi connectivity index (χ2n) is 6.89. The Kier molecular flexibility index (Phi) is 6.61. The first-order valence-electron chi connectivity index (χ1n) is 9.26. The van der Waals surface area contributed by atoms with Crippen molar-refractivity contribution in [3.8, 4) is 5.75 Å². The monoisotopic (exact) mass is 372 g/mol. The maximum Gasteiger partial charge on any atom is 0.191 e. The van der Waals surface area contributed by atoms with E-state index < -0.39 is 0 Å². The Balaban J connectivity index is 1.77. The predicted octanol–water partition coefficient (Wildman–Crippen LogP) is 5.07. The third kappa shape index (κ3) is 4.81. The first-order chi connectivity index (χ1) is 12.7. The van der Waals surface area contributed by atoms with Crippen LogP contribution in [-0.2, 0) is 6.54 Å². The summed E-state index contributed by atoms with van der Waals surface area (Å²) in [5, 5.41) is 13.5. The highest BCUT2D eigenvalue weighted by atomic mass is 32.2. The molecule has 1 aromatic heterocycles. The van der Waals surface area contributed by atoms with Crippen LogP contribution in [0.25, 0.3) is 0 Å². The number of nitrogens with one attached hydrogen (secondary N) is 1. The number of hydrogen-bond acceptors (Lipinski definition) is 5. The Hall–Kier alpha value is -1.95. The molecule has 1 saturated carbocycles. The molecule has 1 heterocycles. The van der Waals surface area contributed by atoms with Gasteiger partial charge in [0, 0.05) is 23.5 Å².